The minimum atomic E-state index is -2.88. The van der Waals surface area contributed by atoms with E-state index in [1.165, 1.54) is 86.5 Å². The first-order valence-corrected chi connectivity index (χ1v) is 30.7. The highest BCUT2D eigenvalue weighted by molar-refractivity contribution is 6.26. The van der Waals surface area contributed by atoms with Crippen molar-refractivity contribution in [3.63, 3.8) is 0 Å². The molecule has 2 heterocycles. The van der Waals surface area contributed by atoms with Crippen molar-refractivity contribution in [2.75, 3.05) is 79.4 Å². The molecule has 6 aliphatic rings. The zero-order valence-electron chi connectivity index (χ0n) is 53.8. The molecule has 29 nitrogen and oxygen atoms in total. The van der Waals surface area contributed by atoms with E-state index in [4.69, 9.17) is 39.2 Å². The Morgan fingerprint density at radius 3 is 1.26 bits per heavy atom. The van der Waals surface area contributed by atoms with Crippen LogP contribution in [0.4, 0.5) is 11.4 Å². The molecule has 0 spiro atoms. The lowest BCUT2D eigenvalue weighted by molar-refractivity contribution is -0.155. The van der Waals surface area contributed by atoms with Crippen molar-refractivity contribution in [2.24, 2.45) is 35.1 Å². The molecule has 0 saturated heterocycles. The van der Waals surface area contributed by atoms with E-state index in [0.29, 0.717) is 22.5 Å². The summed E-state index contributed by atoms with van der Waals surface area (Å²) in [6.07, 6.45) is -1.71. The van der Waals surface area contributed by atoms with Crippen LogP contribution in [0.3, 0.4) is 0 Å². The molecule has 6 aromatic rings. The summed E-state index contributed by atoms with van der Waals surface area (Å²) in [5.41, 5.74) is 2.21. The van der Waals surface area contributed by atoms with Gasteiger partial charge in [0.2, 0.25) is 23.1 Å². The number of likely N-dealkylation sites (N-methyl/N-ethyl adjacent to an activating group) is 2. The van der Waals surface area contributed by atoms with Crippen molar-refractivity contribution in [2.45, 2.75) is 55.1 Å². The number of amides is 2. The van der Waals surface area contributed by atoms with Gasteiger partial charge >= 0.3 is 11.9 Å². The number of benzene rings is 4. The van der Waals surface area contributed by atoms with Crippen molar-refractivity contribution >= 4 is 91.7 Å². The fourth-order valence-corrected chi connectivity index (χ4v) is 15.0. The van der Waals surface area contributed by atoms with Crippen LogP contribution >= 0.6 is 0 Å². The third-order valence-electron chi connectivity index (χ3n) is 19.2. The zero-order chi connectivity index (χ0) is 71.0. The van der Waals surface area contributed by atoms with E-state index in [0.717, 1.165) is 12.1 Å². The molecule has 2 fully saturated rings. The summed E-state index contributed by atoms with van der Waals surface area (Å²) in [4.78, 5) is 143. The van der Waals surface area contributed by atoms with Gasteiger partial charge in [-0.25, -0.2) is 9.59 Å². The normalized spacial score (nSPS) is 23.5. The van der Waals surface area contributed by atoms with Gasteiger partial charge in [0.05, 0.1) is 23.2 Å². The third kappa shape index (κ3) is 10.3. The first-order valence-electron chi connectivity index (χ1n) is 30.7. The van der Waals surface area contributed by atoms with Gasteiger partial charge in [0.15, 0.2) is 33.6 Å². The van der Waals surface area contributed by atoms with E-state index in [2.05, 4.69) is 0 Å². The topological polar surface area (TPSA) is 441 Å². The van der Waals surface area contributed by atoms with Crippen LogP contribution in [0.15, 0.2) is 125 Å². The van der Waals surface area contributed by atoms with E-state index in [1.54, 1.807) is 50.1 Å². The van der Waals surface area contributed by atoms with Crippen LogP contribution in [-0.2, 0) is 41.6 Å². The highest BCUT2D eigenvalue weighted by Gasteiger charge is 2.66. The van der Waals surface area contributed by atoms with E-state index >= 15 is 0 Å². The van der Waals surface area contributed by atoms with Gasteiger partial charge in [0.1, 0.15) is 98.4 Å². The predicted molar refractivity (Wildman–Crippen MR) is 346 cm³/mol. The van der Waals surface area contributed by atoms with Gasteiger partial charge in [-0.1, -0.05) is 12.1 Å². The monoisotopic (exact) mass is 1350 g/mol. The largest absolute Gasteiger partial charge is 0.508 e. The molecule has 12 rings (SSSR count). The molecule has 6 aliphatic carbocycles. The molecule has 0 radical (unpaired) electrons. The highest BCUT2D eigenvalue weighted by Crippen LogP contribution is 2.56. The van der Waals surface area contributed by atoms with Crippen molar-refractivity contribution in [3.8, 4) is 23.0 Å². The van der Waals surface area contributed by atoms with Crippen molar-refractivity contribution in [1.29, 1.82) is 0 Å². The van der Waals surface area contributed by atoms with Crippen molar-refractivity contribution < 1.29 is 102 Å². The molecule has 8 atom stereocenters. The van der Waals surface area contributed by atoms with Crippen LogP contribution in [0.2, 0.25) is 0 Å². The molecule has 510 valence electrons. The third-order valence-corrected chi connectivity index (χ3v) is 19.2. The molecular weight excluding hydrogens is 1280 g/mol. The fourth-order valence-electron chi connectivity index (χ4n) is 15.0. The van der Waals surface area contributed by atoms with Crippen molar-refractivity contribution in [3.05, 3.63) is 161 Å². The maximum atomic E-state index is 14.6. The Kier molecular flexibility index (Phi) is 16.6. The number of hydrogen-bond acceptors (Lipinski definition) is 27. The number of carbonyl (C=O) groups is 8. The second-order valence-electron chi connectivity index (χ2n) is 25.8. The van der Waals surface area contributed by atoms with Crippen LogP contribution < -0.4 is 51.1 Å². The van der Waals surface area contributed by atoms with Gasteiger partial charge in [-0.05, 0) is 125 Å². The molecule has 98 heavy (non-hydrogen) atoms. The molecular formula is C69H66N6O23. The number of Topliss-reactive ketones (excluding diaryl/α,β-unsaturated/α-hetero) is 4. The Bertz CT molecular complexity index is 4540. The second kappa shape index (κ2) is 24.3. The lowest BCUT2D eigenvalue weighted by Gasteiger charge is -2.50. The average Bonchev–Trinajstić information content (AvgIpc) is 0.704. The summed E-state index contributed by atoms with van der Waals surface area (Å²) >= 11 is 0. The molecule has 11 N–H and O–H groups in total. The molecule has 0 aliphatic heterocycles. The lowest BCUT2D eigenvalue weighted by atomic mass is 9.57. The maximum absolute atomic E-state index is 14.6. The van der Waals surface area contributed by atoms with E-state index < -0.39 is 170 Å². The number of nitrogens with two attached hydrogens (primary N) is 2. The molecule has 29 heteroatoms. The van der Waals surface area contributed by atoms with Crippen LogP contribution in [-0.4, -0.2) is 191 Å². The number of rotatable bonds is 16. The van der Waals surface area contributed by atoms with Crippen LogP contribution in [0.1, 0.15) is 56.2 Å². The van der Waals surface area contributed by atoms with Gasteiger partial charge < -0.3 is 84.8 Å². The lowest BCUT2D eigenvalue weighted by Crippen LogP contribution is -2.65. The number of nitrogens with zero attached hydrogens (tertiary/aromatic N) is 4. The number of ketones is 4. The molecule has 4 aromatic carbocycles. The van der Waals surface area contributed by atoms with Crippen LogP contribution in [0, 0.1) is 23.7 Å². The van der Waals surface area contributed by atoms with Gasteiger partial charge in [0.25, 0.3) is 11.8 Å². The highest BCUT2D eigenvalue weighted by atomic mass is 16.6. The summed E-state index contributed by atoms with van der Waals surface area (Å²) in [5.74, 6) is -19.6. The number of aliphatic hydroxyl groups excluding tert-OH is 5. The summed E-state index contributed by atoms with van der Waals surface area (Å²) in [7, 11) is 12.8. The maximum Gasteiger partial charge on any atom is 0.379 e. The predicted octanol–water partition coefficient (Wildman–Crippen LogP) is 2.43. The summed E-state index contributed by atoms with van der Waals surface area (Å²) in [6.45, 7) is -1.03. The van der Waals surface area contributed by atoms with E-state index in [-0.39, 0.29) is 92.9 Å². The number of anilines is 2. The summed E-state index contributed by atoms with van der Waals surface area (Å²) < 4.78 is 35.1. The smallest absolute Gasteiger partial charge is 0.379 e. The first-order chi connectivity index (χ1) is 46.2. The Balaban J connectivity index is 0.748. The van der Waals surface area contributed by atoms with Crippen LogP contribution in [0.5, 0.6) is 23.0 Å². The molecule has 2 saturated carbocycles. The zero-order valence-corrected chi connectivity index (χ0v) is 53.8. The Morgan fingerprint density at radius 2 is 0.918 bits per heavy atom. The van der Waals surface area contributed by atoms with E-state index in [1.807, 2.05) is 0 Å². The Hall–Kier alpha value is -11.0. The average molecular weight is 1350 g/mol. The number of ether oxygens (including phenoxy) is 4. The van der Waals surface area contributed by atoms with Crippen molar-refractivity contribution in [1.82, 2.24) is 9.80 Å². The second-order valence-corrected chi connectivity index (χ2v) is 25.8. The minimum absolute atomic E-state index is 0.00322. The number of esters is 2. The molecule has 0 bridgehead atoms. The van der Waals surface area contributed by atoms with E-state index in [9.17, 15) is 83.7 Å². The minimum Gasteiger partial charge on any atom is -0.508 e. The number of hydrogen-bond donors (Lipinski definition) is 9. The number of primary amides is 2. The number of carbonyl (C=O) groups excluding carboxylic acids is 8. The number of fused-ring (bicyclic) bond motifs is 8. The van der Waals surface area contributed by atoms with Gasteiger partial charge in [-0.3, -0.25) is 48.2 Å². The Morgan fingerprint density at radius 1 is 0.551 bits per heavy atom. The van der Waals surface area contributed by atoms with Gasteiger partial charge in [0, 0.05) is 74.7 Å². The summed E-state index contributed by atoms with van der Waals surface area (Å²) in [6, 6.07) is 13.3. The quantitative estimate of drug-likeness (QED) is 0.0382. The molecule has 2 aromatic heterocycles. The summed E-state index contributed by atoms with van der Waals surface area (Å²) in [5, 5.41) is 82.0. The van der Waals surface area contributed by atoms with Crippen LogP contribution in [0.25, 0.3) is 33.5 Å². The fraction of sp³-hybridized carbons (Fsp3) is 0.333. The molecule has 0 unspecified atom stereocenters. The SMILES string of the molecule is CN(C)c1ccc(OC(=O)c2cc(=O)c3c(OCC(O)COc4cccc5oc(C(=O)Oc6ccc(N(C)C)c7c6C(O)=C6C(=O)[C@]8(O)C(O)=C(C(N)=O)C(=O)[C@@H](N(C)C)[C@@H]8C[C@@H]6C7)cc(=O)c45)cccc3o2)c2c1C[C@H]1C[C@H]3[C@H](N(C)C)C(=O)C(C(N)=O)=C(O)[C@@]3(O)C(=O)C1=C2O. The Labute approximate surface area is 554 Å². The van der Waals surface area contributed by atoms with Gasteiger partial charge in [-0.2, -0.15) is 0 Å². The first kappa shape index (κ1) is 67.0. The number of aliphatic hydroxyl groups is 7. The van der Waals surface area contributed by atoms with Gasteiger partial charge in [-0.15, -0.1) is 0 Å². The molecule has 2 amide bonds. The standard InChI is InChI=1S/C69H66N6O23/c1-72(2)34-15-17-42(48-30(34)19-27-21-32-54(74(5)6)58(81)52(64(70)87)62(85)68(32,91)60(83)46(27)56(48)79)97-66(89)44-23-36(77)50-38(11-9-13-40(50)95-44)93-25-29(76)26-94-39-12-10-14-41-51(39)37(78)24-45(96-41)67(90)98-43-18-16-35(73(3)4)31-20-28-22-33-55(75(7)8)59(82)53(65(71)88)63(86)69(33,92)61(84)47(28)57(80)49(31)43/h9-18,23-24,27-29,32-33,54-55,76,79-80,85-86,91-92H,19-22,25-26H2,1-8H3,(H2,70,87)(H2,71,88)/t27-,28-,32-,33-,54-,55-,68-,69-/m0/s1.